The van der Waals surface area contributed by atoms with Gasteiger partial charge in [0.15, 0.2) is 0 Å². The molecule has 0 saturated heterocycles. The Balaban J connectivity index is 1.77. The Morgan fingerprint density at radius 3 is 2.79 bits per heavy atom. The van der Waals surface area contributed by atoms with Crippen LogP contribution in [0.4, 0.5) is 0 Å². The summed E-state index contributed by atoms with van der Waals surface area (Å²) in [5, 5.41) is 0.780. The topological polar surface area (TPSA) is 12.9 Å². The summed E-state index contributed by atoms with van der Waals surface area (Å²) in [6.45, 7) is 2.27. The molecule has 1 aromatic heterocycles. The molecule has 116 valence electrons. The molecule has 0 bridgehead atoms. The van der Waals surface area contributed by atoms with Crippen molar-refractivity contribution in [3.8, 4) is 22.3 Å². The van der Waals surface area contributed by atoms with Crippen LogP contribution in [0.25, 0.3) is 32.5 Å². The summed E-state index contributed by atoms with van der Waals surface area (Å²) in [5.41, 5.74) is 10.9. The van der Waals surface area contributed by atoms with Crippen LogP contribution in [0.3, 0.4) is 0 Å². The standard InChI is InChI=1S/C21H14ClNS/c1-12-16-6-7-17(13-5-8-18-19(10-13)24-11-23-18)21(20(12)16)14-3-2-4-15(22)9-14/h2-12H,1H3. The summed E-state index contributed by atoms with van der Waals surface area (Å²) in [6.07, 6.45) is 0. The molecule has 0 N–H and O–H groups in total. The molecule has 0 radical (unpaired) electrons. The number of nitrogens with zero attached hydrogens (tertiary/aromatic N) is 1. The summed E-state index contributed by atoms with van der Waals surface area (Å²) in [5.74, 6) is 0.542. The van der Waals surface area contributed by atoms with Gasteiger partial charge in [-0.3, -0.25) is 0 Å². The number of benzene rings is 3. The molecule has 0 saturated carbocycles. The van der Waals surface area contributed by atoms with Crippen molar-refractivity contribution in [2.24, 2.45) is 0 Å². The number of rotatable bonds is 2. The van der Waals surface area contributed by atoms with Crippen LogP contribution < -0.4 is 0 Å². The fourth-order valence-electron chi connectivity index (χ4n) is 3.57. The Kier molecular flexibility index (Phi) is 3.06. The second-order valence-corrected chi connectivity index (χ2v) is 7.58. The van der Waals surface area contributed by atoms with Crippen LogP contribution in [0.2, 0.25) is 5.02 Å². The highest BCUT2D eigenvalue weighted by molar-refractivity contribution is 7.16. The van der Waals surface area contributed by atoms with E-state index in [2.05, 4.69) is 54.4 Å². The van der Waals surface area contributed by atoms with E-state index in [0.717, 1.165) is 10.5 Å². The minimum atomic E-state index is 0.542. The van der Waals surface area contributed by atoms with Gasteiger partial charge in [0.2, 0.25) is 0 Å². The van der Waals surface area contributed by atoms with Crippen LogP contribution in [0.15, 0.2) is 60.1 Å². The molecule has 3 aromatic carbocycles. The normalized spacial score (nSPS) is 15.5. The lowest BCUT2D eigenvalue weighted by Gasteiger charge is -2.11. The zero-order chi connectivity index (χ0) is 16.3. The van der Waals surface area contributed by atoms with E-state index in [9.17, 15) is 0 Å². The van der Waals surface area contributed by atoms with Crippen molar-refractivity contribution in [1.29, 1.82) is 0 Å². The summed E-state index contributed by atoms with van der Waals surface area (Å²) in [6, 6.07) is 19.2. The third-order valence-corrected chi connectivity index (χ3v) is 5.88. The zero-order valence-electron chi connectivity index (χ0n) is 13.1. The SMILES string of the molecule is CC1c2ccc(-c3ccc4ncsc4c3)c(-c3cccc(Cl)c3)c21. The molecule has 1 unspecified atom stereocenters. The average molecular weight is 348 g/mol. The summed E-state index contributed by atoms with van der Waals surface area (Å²) >= 11 is 7.94. The molecule has 0 fully saturated rings. The molecular weight excluding hydrogens is 334 g/mol. The Morgan fingerprint density at radius 1 is 1.00 bits per heavy atom. The molecule has 1 aliphatic carbocycles. The van der Waals surface area contributed by atoms with E-state index in [4.69, 9.17) is 11.6 Å². The van der Waals surface area contributed by atoms with E-state index >= 15 is 0 Å². The van der Waals surface area contributed by atoms with Crippen LogP contribution in [-0.4, -0.2) is 4.98 Å². The highest BCUT2D eigenvalue weighted by Crippen LogP contribution is 2.52. The van der Waals surface area contributed by atoms with Gasteiger partial charge in [0, 0.05) is 10.9 Å². The van der Waals surface area contributed by atoms with Gasteiger partial charge in [-0.2, -0.15) is 0 Å². The second-order valence-electron chi connectivity index (χ2n) is 6.26. The molecular formula is C21H14ClNS. The smallest absolute Gasteiger partial charge is 0.0812 e. The first kappa shape index (κ1) is 14.2. The van der Waals surface area contributed by atoms with E-state index in [0.29, 0.717) is 5.92 Å². The van der Waals surface area contributed by atoms with Gasteiger partial charge in [-0.25, -0.2) is 4.98 Å². The number of hydrogen-bond acceptors (Lipinski definition) is 2. The first-order valence-electron chi connectivity index (χ1n) is 7.99. The Labute approximate surface area is 149 Å². The predicted molar refractivity (Wildman–Crippen MR) is 103 cm³/mol. The van der Waals surface area contributed by atoms with Crippen LogP contribution in [-0.2, 0) is 0 Å². The number of hydrogen-bond donors (Lipinski definition) is 0. The highest BCUT2D eigenvalue weighted by atomic mass is 35.5. The second kappa shape index (κ2) is 5.17. The number of fused-ring (bicyclic) bond motifs is 2. The van der Waals surface area contributed by atoms with Crippen molar-refractivity contribution in [3.63, 3.8) is 0 Å². The lowest BCUT2D eigenvalue weighted by molar-refractivity contribution is 1.14. The molecule has 1 atom stereocenters. The Bertz CT molecular complexity index is 1100. The molecule has 0 amide bonds. The van der Waals surface area contributed by atoms with E-state index in [1.807, 2.05) is 17.6 Å². The van der Waals surface area contributed by atoms with Crippen LogP contribution in [0, 0.1) is 0 Å². The van der Waals surface area contributed by atoms with Crippen molar-refractivity contribution >= 4 is 33.2 Å². The van der Waals surface area contributed by atoms with Gasteiger partial charge in [-0.1, -0.05) is 48.9 Å². The highest BCUT2D eigenvalue weighted by Gasteiger charge is 2.33. The van der Waals surface area contributed by atoms with E-state index in [1.54, 1.807) is 11.3 Å². The molecule has 0 aliphatic heterocycles. The first-order valence-corrected chi connectivity index (χ1v) is 9.24. The van der Waals surface area contributed by atoms with Crippen LogP contribution in [0.1, 0.15) is 24.0 Å². The lowest BCUT2D eigenvalue weighted by Crippen LogP contribution is -1.86. The molecule has 0 spiro atoms. The number of aromatic nitrogens is 1. The molecule has 3 heteroatoms. The van der Waals surface area contributed by atoms with E-state index in [1.165, 1.54) is 38.1 Å². The third kappa shape index (κ3) is 2.10. The quantitative estimate of drug-likeness (QED) is 0.391. The maximum absolute atomic E-state index is 6.26. The molecule has 1 nitrogen and oxygen atoms in total. The van der Waals surface area contributed by atoms with Crippen molar-refractivity contribution in [3.05, 3.63) is 76.3 Å². The maximum atomic E-state index is 6.26. The van der Waals surface area contributed by atoms with Gasteiger partial charge in [0.1, 0.15) is 0 Å². The van der Waals surface area contributed by atoms with Gasteiger partial charge in [0.05, 0.1) is 15.7 Å². The minimum Gasteiger partial charge on any atom is -0.245 e. The first-order chi connectivity index (χ1) is 11.7. The monoisotopic (exact) mass is 347 g/mol. The molecule has 4 aromatic rings. The van der Waals surface area contributed by atoms with Crippen molar-refractivity contribution in [2.45, 2.75) is 12.8 Å². The van der Waals surface area contributed by atoms with Gasteiger partial charge in [-0.05, 0) is 57.6 Å². The van der Waals surface area contributed by atoms with E-state index in [-0.39, 0.29) is 0 Å². The van der Waals surface area contributed by atoms with Gasteiger partial charge in [-0.15, -0.1) is 11.3 Å². The van der Waals surface area contributed by atoms with Crippen LogP contribution >= 0.6 is 22.9 Å². The van der Waals surface area contributed by atoms with Crippen molar-refractivity contribution in [1.82, 2.24) is 4.98 Å². The maximum Gasteiger partial charge on any atom is 0.0812 e. The van der Waals surface area contributed by atoms with E-state index < -0.39 is 0 Å². The number of thiazole rings is 1. The summed E-state index contributed by atoms with van der Waals surface area (Å²) < 4.78 is 1.22. The molecule has 5 rings (SSSR count). The number of halogens is 1. The van der Waals surface area contributed by atoms with Gasteiger partial charge < -0.3 is 0 Å². The third-order valence-electron chi connectivity index (χ3n) is 4.85. The van der Waals surface area contributed by atoms with Crippen molar-refractivity contribution in [2.75, 3.05) is 0 Å². The van der Waals surface area contributed by atoms with Crippen LogP contribution in [0.5, 0.6) is 0 Å². The minimum absolute atomic E-state index is 0.542. The molecule has 1 heterocycles. The summed E-state index contributed by atoms with van der Waals surface area (Å²) in [4.78, 5) is 4.39. The Morgan fingerprint density at radius 2 is 1.92 bits per heavy atom. The van der Waals surface area contributed by atoms with Crippen molar-refractivity contribution < 1.29 is 0 Å². The van der Waals surface area contributed by atoms with Gasteiger partial charge in [0.25, 0.3) is 0 Å². The average Bonchev–Trinajstić information content (AvgIpc) is 3.04. The molecule has 24 heavy (non-hydrogen) atoms. The fraction of sp³-hybridized carbons (Fsp3) is 0.0952. The zero-order valence-corrected chi connectivity index (χ0v) is 14.7. The molecule has 1 aliphatic rings. The fourth-order valence-corrected chi connectivity index (χ4v) is 4.48. The Hall–Kier alpha value is -2.16. The van der Waals surface area contributed by atoms with Gasteiger partial charge >= 0.3 is 0 Å². The lowest BCUT2D eigenvalue weighted by atomic mass is 9.94. The summed E-state index contributed by atoms with van der Waals surface area (Å²) in [7, 11) is 0. The predicted octanol–water partition coefficient (Wildman–Crippen LogP) is 6.75. The largest absolute Gasteiger partial charge is 0.245 e.